The van der Waals surface area contributed by atoms with Crippen LogP contribution in [0.4, 0.5) is 5.69 Å². The molecule has 0 saturated heterocycles. The lowest BCUT2D eigenvalue weighted by atomic mass is 10.1. The number of fused-ring (bicyclic) bond motifs is 1. The molecular formula is C21H24N2O4S2. The molecule has 2 aromatic rings. The van der Waals surface area contributed by atoms with Gasteiger partial charge in [-0.15, -0.1) is 11.8 Å². The highest BCUT2D eigenvalue weighted by Gasteiger charge is 2.23. The molecule has 0 fully saturated rings. The molecule has 3 rings (SSSR count). The van der Waals surface area contributed by atoms with Gasteiger partial charge in [-0.1, -0.05) is 31.2 Å². The molecular weight excluding hydrogens is 408 g/mol. The Morgan fingerprint density at radius 1 is 1.24 bits per heavy atom. The molecule has 2 amide bonds. The van der Waals surface area contributed by atoms with E-state index in [1.165, 1.54) is 23.9 Å². The number of sulfone groups is 1. The monoisotopic (exact) mass is 432 g/mol. The van der Waals surface area contributed by atoms with E-state index in [-0.39, 0.29) is 34.8 Å². The molecule has 1 aliphatic heterocycles. The molecule has 8 heteroatoms. The van der Waals surface area contributed by atoms with E-state index >= 15 is 0 Å². The van der Waals surface area contributed by atoms with E-state index in [1.807, 2.05) is 38.1 Å². The van der Waals surface area contributed by atoms with Crippen LogP contribution in [-0.4, -0.2) is 31.7 Å². The van der Waals surface area contributed by atoms with Crippen LogP contribution in [0.5, 0.6) is 0 Å². The maximum Gasteiger partial charge on any atom is 0.228 e. The lowest BCUT2D eigenvalue weighted by molar-refractivity contribution is -0.121. The third-order valence-electron chi connectivity index (χ3n) is 4.84. The molecule has 0 aliphatic carbocycles. The summed E-state index contributed by atoms with van der Waals surface area (Å²) in [6, 6.07) is 12.4. The molecule has 2 aromatic carbocycles. The van der Waals surface area contributed by atoms with Crippen molar-refractivity contribution < 1.29 is 18.0 Å². The van der Waals surface area contributed by atoms with Crippen molar-refractivity contribution in [2.24, 2.45) is 5.92 Å². The molecule has 0 radical (unpaired) electrons. The van der Waals surface area contributed by atoms with E-state index < -0.39 is 9.84 Å². The molecule has 1 heterocycles. The fraction of sp³-hybridized carbons (Fsp3) is 0.333. The summed E-state index contributed by atoms with van der Waals surface area (Å²) in [6.45, 7) is 4.16. The van der Waals surface area contributed by atoms with E-state index in [9.17, 15) is 18.0 Å². The minimum absolute atomic E-state index is 0.110. The number of hydrogen-bond acceptors (Lipinski definition) is 5. The quantitative estimate of drug-likeness (QED) is 0.732. The fourth-order valence-electron chi connectivity index (χ4n) is 2.91. The SMILES string of the molecule is Cc1ccccc1CNC(=O)CCS(=O)(=O)c1ccc2c(c1)NC(=O)[C@H](C)CS2. The van der Waals surface area contributed by atoms with Crippen molar-refractivity contribution in [2.75, 3.05) is 16.8 Å². The zero-order valence-corrected chi connectivity index (χ0v) is 18.0. The lowest BCUT2D eigenvalue weighted by Crippen LogP contribution is -2.25. The highest BCUT2D eigenvalue weighted by atomic mass is 32.2. The van der Waals surface area contributed by atoms with Crippen LogP contribution in [0.25, 0.3) is 0 Å². The van der Waals surface area contributed by atoms with Crippen molar-refractivity contribution in [2.45, 2.75) is 36.6 Å². The number of rotatable bonds is 6. The summed E-state index contributed by atoms with van der Waals surface area (Å²) in [7, 11) is -3.64. The second-order valence-corrected chi connectivity index (χ2v) is 10.3. The van der Waals surface area contributed by atoms with Gasteiger partial charge < -0.3 is 10.6 Å². The summed E-state index contributed by atoms with van der Waals surface area (Å²) in [5, 5.41) is 5.56. The zero-order chi connectivity index (χ0) is 21.0. The van der Waals surface area contributed by atoms with Gasteiger partial charge in [0.05, 0.1) is 16.3 Å². The van der Waals surface area contributed by atoms with Gasteiger partial charge >= 0.3 is 0 Å². The van der Waals surface area contributed by atoms with Crippen LogP contribution in [0.3, 0.4) is 0 Å². The predicted molar refractivity (Wildman–Crippen MR) is 115 cm³/mol. The topological polar surface area (TPSA) is 92.3 Å². The number of nitrogens with one attached hydrogen (secondary N) is 2. The second-order valence-electron chi connectivity index (χ2n) is 7.13. The molecule has 0 saturated carbocycles. The van der Waals surface area contributed by atoms with E-state index in [1.54, 1.807) is 6.07 Å². The number of amides is 2. The smallest absolute Gasteiger partial charge is 0.228 e. The summed E-state index contributed by atoms with van der Waals surface area (Å²) in [5.41, 5.74) is 2.57. The van der Waals surface area contributed by atoms with Crippen LogP contribution in [0.2, 0.25) is 0 Å². The molecule has 29 heavy (non-hydrogen) atoms. The van der Waals surface area contributed by atoms with Crippen molar-refractivity contribution in [1.29, 1.82) is 0 Å². The van der Waals surface area contributed by atoms with Crippen molar-refractivity contribution in [3.05, 3.63) is 53.6 Å². The van der Waals surface area contributed by atoms with Gasteiger partial charge in [0.15, 0.2) is 9.84 Å². The first-order valence-corrected chi connectivity index (χ1v) is 12.0. The summed E-state index contributed by atoms with van der Waals surface area (Å²) >= 11 is 1.52. The van der Waals surface area contributed by atoms with Crippen molar-refractivity contribution >= 4 is 39.1 Å². The maximum atomic E-state index is 12.7. The number of carbonyl (C=O) groups excluding carboxylic acids is 2. The van der Waals surface area contributed by atoms with Gasteiger partial charge in [-0.05, 0) is 36.2 Å². The zero-order valence-electron chi connectivity index (χ0n) is 16.4. The molecule has 0 aromatic heterocycles. The Bertz CT molecular complexity index is 1030. The van der Waals surface area contributed by atoms with Crippen molar-refractivity contribution in [1.82, 2.24) is 5.32 Å². The molecule has 0 spiro atoms. The van der Waals surface area contributed by atoms with Gasteiger partial charge in [-0.2, -0.15) is 0 Å². The van der Waals surface area contributed by atoms with Crippen molar-refractivity contribution in [3.63, 3.8) is 0 Å². The first kappa shape index (κ1) is 21.4. The average Bonchev–Trinajstić information content (AvgIpc) is 2.84. The largest absolute Gasteiger partial charge is 0.352 e. The van der Waals surface area contributed by atoms with Crippen LogP contribution in [0.1, 0.15) is 24.5 Å². The molecule has 154 valence electrons. The van der Waals surface area contributed by atoms with Gasteiger partial charge in [0.2, 0.25) is 11.8 Å². The summed E-state index contributed by atoms with van der Waals surface area (Å²) in [4.78, 5) is 25.1. The Kier molecular flexibility index (Phi) is 6.64. The number of anilines is 1. The first-order valence-electron chi connectivity index (χ1n) is 9.38. The van der Waals surface area contributed by atoms with E-state index in [4.69, 9.17) is 0 Å². The van der Waals surface area contributed by atoms with Crippen LogP contribution in [0, 0.1) is 12.8 Å². The van der Waals surface area contributed by atoms with Crippen molar-refractivity contribution in [3.8, 4) is 0 Å². The van der Waals surface area contributed by atoms with E-state index in [0.29, 0.717) is 18.0 Å². The first-order chi connectivity index (χ1) is 13.8. The van der Waals surface area contributed by atoms with Crippen LogP contribution >= 0.6 is 11.8 Å². The third kappa shape index (κ3) is 5.39. The van der Waals surface area contributed by atoms with Crippen LogP contribution < -0.4 is 10.6 Å². The molecule has 1 atom stereocenters. The Morgan fingerprint density at radius 2 is 2.00 bits per heavy atom. The van der Waals surface area contributed by atoms with Crippen LogP contribution in [0.15, 0.2) is 52.3 Å². The van der Waals surface area contributed by atoms with E-state index in [0.717, 1.165) is 16.0 Å². The van der Waals surface area contributed by atoms with Gasteiger partial charge in [-0.25, -0.2) is 8.42 Å². The Balaban J connectivity index is 1.62. The minimum Gasteiger partial charge on any atom is -0.352 e. The molecule has 0 unspecified atom stereocenters. The molecule has 6 nitrogen and oxygen atoms in total. The predicted octanol–water partition coefficient (Wildman–Crippen LogP) is 3.16. The maximum absolute atomic E-state index is 12.7. The lowest BCUT2D eigenvalue weighted by Gasteiger charge is -2.11. The summed E-state index contributed by atoms with van der Waals surface area (Å²) < 4.78 is 25.4. The number of aryl methyl sites for hydroxylation is 1. The number of carbonyl (C=O) groups is 2. The fourth-order valence-corrected chi connectivity index (χ4v) is 5.18. The minimum atomic E-state index is -3.64. The van der Waals surface area contributed by atoms with Gasteiger partial charge in [0.1, 0.15) is 0 Å². The standard InChI is InChI=1S/C21H24N2O4S2/c1-14-5-3-4-6-16(14)12-22-20(24)9-10-29(26,27)17-7-8-19-18(11-17)23-21(25)15(2)13-28-19/h3-8,11,15H,9-10,12-13H2,1-2H3,(H,22,24)(H,23,25)/t15-/m1/s1. The Hall–Kier alpha value is -2.32. The average molecular weight is 433 g/mol. The Labute approximate surface area is 175 Å². The normalized spacial score (nSPS) is 16.5. The van der Waals surface area contributed by atoms with Gasteiger partial charge in [0.25, 0.3) is 0 Å². The Morgan fingerprint density at radius 3 is 2.76 bits per heavy atom. The molecule has 1 aliphatic rings. The second kappa shape index (κ2) is 9.00. The van der Waals surface area contributed by atoms with Crippen LogP contribution in [-0.2, 0) is 26.0 Å². The number of hydrogen-bond donors (Lipinski definition) is 2. The molecule has 2 N–H and O–H groups in total. The van der Waals surface area contributed by atoms with E-state index in [2.05, 4.69) is 10.6 Å². The third-order valence-corrected chi connectivity index (χ3v) is 7.89. The molecule has 0 bridgehead atoms. The highest BCUT2D eigenvalue weighted by Crippen LogP contribution is 2.34. The number of benzene rings is 2. The highest BCUT2D eigenvalue weighted by molar-refractivity contribution is 7.99. The summed E-state index contributed by atoms with van der Waals surface area (Å²) in [6.07, 6.45) is -0.122. The number of thioether (sulfide) groups is 1. The van der Waals surface area contributed by atoms with Gasteiger partial charge in [0, 0.05) is 29.5 Å². The summed E-state index contributed by atoms with van der Waals surface area (Å²) in [5.74, 6) is -0.232. The van der Waals surface area contributed by atoms with Gasteiger partial charge in [-0.3, -0.25) is 9.59 Å².